The Morgan fingerprint density at radius 3 is 2.07 bits per heavy atom. The number of hydrogen-bond donors (Lipinski definition) is 2. The standard InChI is InChI=1S/C9H18N2O2S/c1-6(2)10-9(13)11(7(3)4)5-8(12)14/h6-7H,5H2,1-4H3,(H,10,13)(H,12,14). The van der Waals surface area contributed by atoms with E-state index in [1.807, 2.05) is 27.7 Å². The predicted molar refractivity (Wildman–Crippen MR) is 59.5 cm³/mol. The normalized spacial score (nSPS) is 10.5. The molecule has 0 rings (SSSR count). The molecule has 0 aliphatic heterocycles. The second-order valence-electron chi connectivity index (χ2n) is 3.72. The van der Waals surface area contributed by atoms with E-state index in [2.05, 4.69) is 17.9 Å². The van der Waals surface area contributed by atoms with Gasteiger partial charge in [-0.3, -0.25) is 4.79 Å². The Hall–Kier alpha value is -0.710. The molecule has 14 heavy (non-hydrogen) atoms. The quantitative estimate of drug-likeness (QED) is 0.698. The van der Waals surface area contributed by atoms with Gasteiger partial charge in [0.25, 0.3) is 0 Å². The van der Waals surface area contributed by atoms with Crippen molar-refractivity contribution in [3.63, 3.8) is 0 Å². The Morgan fingerprint density at radius 2 is 1.79 bits per heavy atom. The molecular weight excluding hydrogens is 200 g/mol. The summed E-state index contributed by atoms with van der Waals surface area (Å²) in [5, 5.41) is 2.42. The number of urea groups is 1. The highest BCUT2D eigenvalue weighted by Crippen LogP contribution is 2.00. The van der Waals surface area contributed by atoms with Crippen LogP contribution < -0.4 is 5.32 Å². The number of carbonyl (C=O) groups excluding carboxylic acids is 2. The maximum Gasteiger partial charge on any atom is 0.318 e. The lowest BCUT2D eigenvalue weighted by molar-refractivity contribution is -0.111. The van der Waals surface area contributed by atoms with Crippen molar-refractivity contribution in [1.29, 1.82) is 0 Å². The summed E-state index contributed by atoms with van der Waals surface area (Å²) in [5.41, 5.74) is 0. The van der Waals surface area contributed by atoms with Crippen molar-refractivity contribution < 1.29 is 9.59 Å². The van der Waals surface area contributed by atoms with Gasteiger partial charge in [-0.1, -0.05) is 0 Å². The molecule has 0 unspecified atom stereocenters. The molecule has 0 bridgehead atoms. The van der Waals surface area contributed by atoms with Crippen molar-refractivity contribution in [2.45, 2.75) is 39.8 Å². The molecular formula is C9H18N2O2S. The molecule has 0 radical (unpaired) electrons. The number of thiol groups is 1. The van der Waals surface area contributed by atoms with Crippen molar-refractivity contribution >= 4 is 23.8 Å². The molecule has 0 aliphatic rings. The number of hydrogen-bond acceptors (Lipinski definition) is 2. The molecule has 82 valence electrons. The molecule has 1 N–H and O–H groups in total. The lowest BCUT2D eigenvalue weighted by Crippen LogP contribution is -2.47. The smallest absolute Gasteiger partial charge is 0.318 e. The van der Waals surface area contributed by atoms with E-state index in [4.69, 9.17) is 0 Å². The first kappa shape index (κ1) is 13.3. The van der Waals surface area contributed by atoms with Crippen LogP contribution in [-0.4, -0.2) is 34.7 Å². The summed E-state index contributed by atoms with van der Waals surface area (Å²) in [6.45, 7) is 7.50. The van der Waals surface area contributed by atoms with Gasteiger partial charge >= 0.3 is 6.03 Å². The first-order valence-corrected chi connectivity index (χ1v) is 5.08. The van der Waals surface area contributed by atoms with Crippen LogP contribution in [0.4, 0.5) is 4.79 Å². The van der Waals surface area contributed by atoms with Crippen LogP contribution in [0, 0.1) is 0 Å². The van der Waals surface area contributed by atoms with Gasteiger partial charge in [-0.25, -0.2) is 4.79 Å². The van der Waals surface area contributed by atoms with Gasteiger partial charge in [0.2, 0.25) is 5.12 Å². The minimum absolute atomic E-state index is 0.00940. The molecule has 0 atom stereocenters. The van der Waals surface area contributed by atoms with Crippen molar-refractivity contribution in [2.24, 2.45) is 0 Å². The van der Waals surface area contributed by atoms with Gasteiger partial charge in [-0.05, 0) is 27.7 Å². The molecule has 0 saturated carbocycles. The summed E-state index contributed by atoms with van der Waals surface area (Å²) in [4.78, 5) is 23.8. The maximum absolute atomic E-state index is 11.6. The van der Waals surface area contributed by atoms with Crippen molar-refractivity contribution in [3.8, 4) is 0 Å². The van der Waals surface area contributed by atoms with E-state index in [-0.39, 0.29) is 29.8 Å². The van der Waals surface area contributed by atoms with Crippen LogP contribution in [-0.2, 0) is 4.79 Å². The topological polar surface area (TPSA) is 49.4 Å². The Kier molecular flexibility index (Phi) is 5.60. The van der Waals surface area contributed by atoms with Crippen LogP contribution in [0.1, 0.15) is 27.7 Å². The van der Waals surface area contributed by atoms with E-state index in [0.29, 0.717) is 0 Å². The lowest BCUT2D eigenvalue weighted by atomic mass is 10.3. The zero-order chi connectivity index (χ0) is 11.3. The van der Waals surface area contributed by atoms with Crippen molar-refractivity contribution in [3.05, 3.63) is 0 Å². The Labute approximate surface area is 90.4 Å². The largest absolute Gasteiger partial charge is 0.336 e. The second-order valence-corrected chi connectivity index (χ2v) is 4.22. The second kappa shape index (κ2) is 5.90. The molecule has 0 heterocycles. The molecule has 0 fully saturated rings. The van der Waals surface area contributed by atoms with E-state index in [0.717, 1.165) is 0 Å². The van der Waals surface area contributed by atoms with E-state index >= 15 is 0 Å². The fourth-order valence-electron chi connectivity index (χ4n) is 0.964. The van der Waals surface area contributed by atoms with Crippen LogP contribution in [0.5, 0.6) is 0 Å². The van der Waals surface area contributed by atoms with E-state index in [9.17, 15) is 9.59 Å². The number of amides is 2. The first-order chi connectivity index (χ1) is 6.34. The molecule has 0 saturated heterocycles. The van der Waals surface area contributed by atoms with Gasteiger partial charge in [0.1, 0.15) is 0 Å². The van der Waals surface area contributed by atoms with Crippen LogP contribution >= 0.6 is 12.6 Å². The van der Waals surface area contributed by atoms with Gasteiger partial charge in [-0.15, -0.1) is 12.6 Å². The minimum atomic E-state index is -0.308. The van der Waals surface area contributed by atoms with Crippen LogP contribution in [0.2, 0.25) is 0 Å². The highest BCUT2D eigenvalue weighted by molar-refractivity contribution is 7.96. The summed E-state index contributed by atoms with van der Waals surface area (Å²) >= 11 is 3.66. The van der Waals surface area contributed by atoms with Crippen molar-refractivity contribution in [2.75, 3.05) is 6.54 Å². The highest BCUT2D eigenvalue weighted by Gasteiger charge is 2.18. The highest BCUT2D eigenvalue weighted by atomic mass is 32.1. The molecule has 0 aromatic rings. The fraction of sp³-hybridized carbons (Fsp3) is 0.778. The van der Waals surface area contributed by atoms with Gasteiger partial charge in [0.15, 0.2) is 0 Å². The Bertz CT molecular complexity index is 217. The third-order valence-corrected chi connectivity index (χ3v) is 1.74. The predicted octanol–water partition coefficient (Wildman–Crippen LogP) is 1.27. The van der Waals surface area contributed by atoms with Gasteiger partial charge in [0.05, 0.1) is 6.54 Å². The van der Waals surface area contributed by atoms with Gasteiger partial charge < -0.3 is 10.2 Å². The summed E-state index contributed by atoms with van der Waals surface area (Å²) in [7, 11) is 0. The minimum Gasteiger partial charge on any atom is -0.336 e. The summed E-state index contributed by atoms with van der Waals surface area (Å²) < 4.78 is 0. The average molecular weight is 218 g/mol. The molecule has 0 aromatic carbocycles. The van der Waals surface area contributed by atoms with Crippen LogP contribution in [0.3, 0.4) is 0 Å². The zero-order valence-corrected chi connectivity index (χ0v) is 9.97. The number of nitrogens with one attached hydrogen (secondary N) is 1. The first-order valence-electron chi connectivity index (χ1n) is 4.63. The van der Waals surface area contributed by atoms with Crippen LogP contribution in [0.25, 0.3) is 0 Å². The fourth-order valence-corrected chi connectivity index (χ4v) is 1.12. The summed E-state index contributed by atoms with van der Waals surface area (Å²) in [5.74, 6) is 0. The van der Waals surface area contributed by atoms with Crippen molar-refractivity contribution in [1.82, 2.24) is 10.2 Å². The molecule has 2 amide bonds. The monoisotopic (exact) mass is 218 g/mol. The zero-order valence-electron chi connectivity index (χ0n) is 9.07. The summed E-state index contributed by atoms with van der Waals surface area (Å²) in [6, 6.07) is -0.166. The third kappa shape index (κ3) is 5.11. The number of nitrogens with zero attached hydrogens (tertiary/aromatic N) is 1. The molecule has 0 spiro atoms. The van der Waals surface area contributed by atoms with E-state index in [1.165, 1.54) is 4.90 Å². The molecule has 0 aliphatic carbocycles. The SMILES string of the molecule is CC(C)NC(=O)N(CC(=O)S)C(C)C. The number of rotatable bonds is 4. The summed E-state index contributed by atoms with van der Waals surface area (Å²) in [6.07, 6.45) is 0. The number of carbonyl (C=O) groups is 2. The Morgan fingerprint density at radius 1 is 1.29 bits per heavy atom. The van der Waals surface area contributed by atoms with Gasteiger partial charge in [0, 0.05) is 12.1 Å². The van der Waals surface area contributed by atoms with Gasteiger partial charge in [-0.2, -0.15) is 0 Å². The lowest BCUT2D eigenvalue weighted by Gasteiger charge is -2.26. The molecule has 5 heteroatoms. The van der Waals surface area contributed by atoms with Crippen LogP contribution in [0.15, 0.2) is 0 Å². The Balaban J connectivity index is 4.33. The average Bonchev–Trinajstić information content (AvgIpc) is 1.97. The third-order valence-electron chi connectivity index (χ3n) is 1.60. The maximum atomic E-state index is 11.6. The molecule has 0 aromatic heterocycles. The van der Waals surface area contributed by atoms with E-state index in [1.54, 1.807) is 0 Å². The van der Waals surface area contributed by atoms with E-state index < -0.39 is 0 Å². The molecule has 4 nitrogen and oxygen atoms in total.